The molecule has 0 radical (unpaired) electrons. The molecule has 0 aromatic carbocycles. The summed E-state index contributed by atoms with van der Waals surface area (Å²) in [5.74, 6) is 0.683. The molecule has 1 spiro atoms. The van der Waals surface area contributed by atoms with Crippen LogP contribution in [0.2, 0.25) is 0 Å². The van der Waals surface area contributed by atoms with Crippen LogP contribution in [0.5, 0.6) is 0 Å². The molecular weight excluding hydrogens is 192 g/mol. The molecule has 5 heteroatoms. The molecule has 2 rings (SSSR count). The Labute approximate surface area is 90.9 Å². The van der Waals surface area contributed by atoms with E-state index >= 15 is 0 Å². The Hall–Kier alpha value is -0.810. The topological polar surface area (TPSA) is 54.1 Å². The second kappa shape index (κ2) is 3.98. The van der Waals surface area contributed by atoms with Crippen molar-refractivity contribution in [2.24, 2.45) is 10.7 Å². The van der Waals surface area contributed by atoms with Crippen LogP contribution in [0.25, 0.3) is 0 Å². The van der Waals surface area contributed by atoms with Crippen molar-refractivity contribution in [1.29, 1.82) is 0 Å². The molecule has 0 bridgehead atoms. The van der Waals surface area contributed by atoms with Gasteiger partial charge < -0.3 is 20.3 Å². The molecule has 5 nitrogen and oxygen atoms in total. The molecule has 0 aromatic rings. The van der Waals surface area contributed by atoms with E-state index in [9.17, 15) is 0 Å². The van der Waals surface area contributed by atoms with Gasteiger partial charge in [-0.1, -0.05) is 0 Å². The van der Waals surface area contributed by atoms with Crippen molar-refractivity contribution in [2.75, 3.05) is 46.9 Å². The van der Waals surface area contributed by atoms with Crippen LogP contribution in [0.15, 0.2) is 4.99 Å². The average Bonchev–Trinajstić information content (AvgIpc) is 2.75. The number of guanidine groups is 1. The van der Waals surface area contributed by atoms with E-state index in [1.54, 1.807) is 0 Å². The molecule has 2 heterocycles. The lowest BCUT2D eigenvalue weighted by Crippen LogP contribution is -2.54. The molecule has 1 saturated heterocycles. The summed E-state index contributed by atoms with van der Waals surface area (Å²) >= 11 is 0. The highest BCUT2D eigenvalue weighted by Gasteiger charge is 2.44. The molecule has 2 N–H and O–H groups in total. The van der Waals surface area contributed by atoms with Gasteiger partial charge in [-0.2, -0.15) is 0 Å². The van der Waals surface area contributed by atoms with Crippen LogP contribution in [0.3, 0.4) is 0 Å². The molecule has 86 valence electrons. The van der Waals surface area contributed by atoms with Crippen molar-refractivity contribution in [2.45, 2.75) is 12.0 Å². The zero-order chi connectivity index (χ0) is 10.9. The van der Waals surface area contributed by atoms with Crippen LogP contribution in [0, 0.1) is 0 Å². The van der Waals surface area contributed by atoms with E-state index in [4.69, 9.17) is 10.5 Å². The summed E-state index contributed by atoms with van der Waals surface area (Å²) in [5, 5.41) is 0. The summed E-state index contributed by atoms with van der Waals surface area (Å²) in [6.45, 7) is 4.34. The number of nitrogens with two attached hydrogens (primary N) is 1. The number of nitrogens with zero attached hydrogens (tertiary/aromatic N) is 3. The smallest absolute Gasteiger partial charge is 0.191 e. The Morgan fingerprint density at radius 2 is 2.40 bits per heavy atom. The molecule has 1 atom stereocenters. The van der Waals surface area contributed by atoms with Crippen LogP contribution in [0.1, 0.15) is 6.42 Å². The van der Waals surface area contributed by atoms with Gasteiger partial charge in [0.2, 0.25) is 0 Å². The van der Waals surface area contributed by atoms with Crippen LogP contribution < -0.4 is 5.73 Å². The second-order valence-electron chi connectivity index (χ2n) is 4.66. The second-order valence-corrected chi connectivity index (χ2v) is 4.66. The van der Waals surface area contributed by atoms with Gasteiger partial charge in [0.25, 0.3) is 0 Å². The number of hydrogen-bond acceptors (Lipinski definition) is 5. The fourth-order valence-corrected chi connectivity index (χ4v) is 2.23. The predicted molar refractivity (Wildman–Crippen MR) is 59.9 cm³/mol. The fraction of sp³-hybridized carbons (Fsp3) is 0.900. The molecule has 2 aliphatic rings. The van der Waals surface area contributed by atoms with Crippen molar-refractivity contribution in [3.63, 3.8) is 0 Å². The molecule has 0 amide bonds. The Kier molecular flexibility index (Phi) is 2.84. The van der Waals surface area contributed by atoms with Gasteiger partial charge in [-0.05, 0) is 20.5 Å². The van der Waals surface area contributed by atoms with Gasteiger partial charge in [0.15, 0.2) is 5.96 Å². The van der Waals surface area contributed by atoms with Gasteiger partial charge in [-0.3, -0.25) is 4.99 Å². The molecule has 15 heavy (non-hydrogen) atoms. The summed E-state index contributed by atoms with van der Waals surface area (Å²) in [6.07, 6.45) is 1.05. The molecule has 0 aromatic heterocycles. The molecule has 0 aliphatic carbocycles. The van der Waals surface area contributed by atoms with Crippen molar-refractivity contribution in [1.82, 2.24) is 9.80 Å². The van der Waals surface area contributed by atoms with Gasteiger partial charge >= 0.3 is 0 Å². The number of likely N-dealkylation sites (N-methyl/N-ethyl adjacent to an activating group) is 1. The molecular formula is C10H20N4O. The van der Waals surface area contributed by atoms with E-state index in [1.807, 2.05) is 0 Å². The zero-order valence-electron chi connectivity index (χ0n) is 9.57. The first-order chi connectivity index (χ1) is 7.14. The quantitative estimate of drug-likeness (QED) is 0.674. The number of ether oxygens (including phenoxy) is 1. The van der Waals surface area contributed by atoms with E-state index in [2.05, 4.69) is 28.9 Å². The van der Waals surface area contributed by atoms with Crippen LogP contribution in [-0.4, -0.2) is 68.2 Å². The summed E-state index contributed by atoms with van der Waals surface area (Å²) in [5.41, 5.74) is 5.99. The van der Waals surface area contributed by atoms with Crippen molar-refractivity contribution >= 4 is 5.96 Å². The minimum Gasteiger partial charge on any atom is -0.379 e. The maximum absolute atomic E-state index is 5.92. The Morgan fingerprint density at radius 3 is 3.00 bits per heavy atom. The lowest BCUT2D eigenvalue weighted by atomic mass is 9.98. The molecule has 1 unspecified atom stereocenters. The third-order valence-electron chi connectivity index (χ3n) is 3.24. The zero-order valence-corrected chi connectivity index (χ0v) is 9.57. The minimum atomic E-state index is 0.0695. The standard InChI is InChI=1S/C10H20N4O/c1-13(2)4-5-14-9(11)12-7-10(14)3-6-15-8-10/h3-8H2,1-2H3,(H2,11,12). The Bertz CT molecular complexity index is 258. The minimum absolute atomic E-state index is 0.0695. The van der Waals surface area contributed by atoms with Crippen molar-refractivity contribution in [3.8, 4) is 0 Å². The average molecular weight is 212 g/mol. The number of hydrogen-bond donors (Lipinski definition) is 1. The number of rotatable bonds is 3. The van der Waals surface area contributed by atoms with Crippen molar-refractivity contribution < 1.29 is 4.74 Å². The van der Waals surface area contributed by atoms with Gasteiger partial charge in [-0.15, -0.1) is 0 Å². The molecule has 2 aliphatic heterocycles. The molecule has 0 saturated carbocycles. The third-order valence-corrected chi connectivity index (χ3v) is 3.24. The van der Waals surface area contributed by atoms with Gasteiger partial charge in [-0.25, -0.2) is 0 Å². The summed E-state index contributed by atoms with van der Waals surface area (Å²) in [7, 11) is 4.14. The highest BCUT2D eigenvalue weighted by molar-refractivity contribution is 5.81. The van der Waals surface area contributed by atoms with E-state index in [-0.39, 0.29) is 5.54 Å². The maximum atomic E-state index is 5.92. The Morgan fingerprint density at radius 1 is 1.60 bits per heavy atom. The molecule has 1 fully saturated rings. The Balaban J connectivity index is 2.01. The maximum Gasteiger partial charge on any atom is 0.191 e. The monoisotopic (exact) mass is 212 g/mol. The van der Waals surface area contributed by atoms with Gasteiger partial charge in [0.1, 0.15) is 0 Å². The first-order valence-corrected chi connectivity index (χ1v) is 5.44. The van der Waals surface area contributed by atoms with Crippen molar-refractivity contribution in [3.05, 3.63) is 0 Å². The van der Waals surface area contributed by atoms with Crippen LogP contribution in [0.4, 0.5) is 0 Å². The summed E-state index contributed by atoms with van der Waals surface area (Å²) in [4.78, 5) is 8.74. The number of aliphatic imine (C=N–C) groups is 1. The third kappa shape index (κ3) is 1.94. The van der Waals surface area contributed by atoms with E-state index in [0.29, 0.717) is 5.96 Å². The predicted octanol–water partition coefficient (Wildman–Crippen LogP) is -0.663. The van der Waals surface area contributed by atoms with Crippen LogP contribution in [-0.2, 0) is 4.74 Å². The first-order valence-electron chi connectivity index (χ1n) is 5.44. The lowest BCUT2D eigenvalue weighted by molar-refractivity contribution is 0.129. The van der Waals surface area contributed by atoms with Crippen LogP contribution >= 0.6 is 0 Å². The largest absolute Gasteiger partial charge is 0.379 e. The lowest BCUT2D eigenvalue weighted by Gasteiger charge is -2.35. The van der Waals surface area contributed by atoms with E-state index < -0.39 is 0 Å². The SMILES string of the molecule is CN(C)CCN1C(N)=NCC12CCOC2. The van der Waals surface area contributed by atoms with E-state index in [1.165, 1.54) is 0 Å². The van der Waals surface area contributed by atoms with Gasteiger partial charge in [0.05, 0.1) is 18.7 Å². The normalized spacial score (nSPS) is 30.6. The summed E-state index contributed by atoms with van der Waals surface area (Å²) < 4.78 is 5.48. The van der Waals surface area contributed by atoms with E-state index in [0.717, 1.165) is 39.3 Å². The fourth-order valence-electron chi connectivity index (χ4n) is 2.23. The summed E-state index contributed by atoms with van der Waals surface area (Å²) in [6, 6.07) is 0. The van der Waals surface area contributed by atoms with Gasteiger partial charge in [0, 0.05) is 19.7 Å². The highest BCUT2D eigenvalue weighted by Crippen LogP contribution is 2.30. The first kappa shape index (κ1) is 10.7. The highest BCUT2D eigenvalue weighted by atomic mass is 16.5.